The molecule has 0 atom stereocenters. The average Bonchev–Trinajstić information content (AvgIpc) is 3.17. The first-order chi connectivity index (χ1) is 16.4. The fourth-order valence-electron chi connectivity index (χ4n) is 4.09. The van der Waals surface area contributed by atoms with E-state index in [0.717, 1.165) is 54.4 Å². The number of amides is 1. The molecule has 1 aliphatic carbocycles. The van der Waals surface area contributed by atoms with Crippen molar-refractivity contribution in [3.8, 4) is 5.88 Å². The molecule has 0 bridgehead atoms. The monoisotopic (exact) mass is 484 g/mol. The van der Waals surface area contributed by atoms with Crippen LogP contribution in [0, 0.1) is 6.92 Å². The molecule has 0 spiro atoms. The number of carbonyl (C=O) groups is 1. The number of aliphatic hydroxyl groups is 1. The molecule has 1 fully saturated rings. The van der Waals surface area contributed by atoms with Gasteiger partial charge in [-0.15, -0.1) is 11.3 Å². The van der Waals surface area contributed by atoms with Crippen molar-refractivity contribution in [2.24, 2.45) is 0 Å². The lowest BCUT2D eigenvalue weighted by atomic mass is 9.95. The summed E-state index contributed by atoms with van der Waals surface area (Å²) in [5.41, 5.74) is 1.55. The van der Waals surface area contributed by atoms with Gasteiger partial charge in [-0.25, -0.2) is 15.0 Å². The highest BCUT2D eigenvalue weighted by Crippen LogP contribution is 2.36. The van der Waals surface area contributed by atoms with E-state index in [0.29, 0.717) is 28.8 Å². The van der Waals surface area contributed by atoms with Crippen LogP contribution < -0.4 is 15.4 Å². The van der Waals surface area contributed by atoms with Gasteiger partial charge in [0.05, 0.1) is 16.4 Å². The smallest absolute Gasteiger partial charge is 0.261 e. The molecule has 34 heavy (non-hydrogen) atoms. The Morgan fingerprint density at radius 2 is 2.03 bits per heavy atom. The molecule has 0 radical (unpaired) electrons. The number of hydrogen-bond donors (Lipinski definition) is 3. The number of aromatic nitrogens is 3. The highest BCUT2D eigenvalue weighted by Gasteiger charge is 2.23. The highest BCUT2D eigenvalue weighted by atomic mass is 32.1. The lowest BCUT2D eigenvalue weighted by Gasteiger charge is -2.26. The normalized spacial score (nSPS) is 18.3. The summed E-state index contributed by atoms with van der Waals surface area (Å²) in [5, 5.41) is 17.0. The Hall–Kier alpha value is -2.82. The number of nitrogens with one attached hydrogen (secondary N) is 2. The standard InChI is InChI=1S/C24H32N6O3S/c1-15-19-21(27-14-28-24(19)34-20(15)22(32)25-12-5-13-30(2)3)29-18-6-4-11-26-23(18)33-17-9-7-16(31)8-10-17/h4,6,11,14,16-17,31H,5,7-10,12-13H2,1-3H3,(H,25,32)(H,27,28,29). The maximum atomic E-state index is 12.8. The molecule has 0 aromatic carbocycles. The molecule has 3 aromatic heterocycles. The molecule has 3 N–H and O–H groups in total. The second kappa shape index (κ2) is 11.1. The first-order valence-electron chi connectivity index (χ1n) is 11.7. The molecule has 1 amide bonds. The zero-order chi connectivity index (χ0) is 24.1. The number of aliphatic hydroxyl groups excluding tert-OH is 1. The van der Waals surface area contributed by atoms with E-state index in [4.69, 9.17) is 4.74 Å². The van der Waals surface area contributed by atoms with Gasteiger partial charge in [0.1, 0.15) is 28.8 Å². The molecule has 10 heteroatoms. The molecule has 1 aliphatic rings. The SMILES string of the molecule is Cc1c(C(=O)NCCCN(C)C)sc2ncnc(Nc3cccnc3OC3CCC(O)CC3)c12. The number of fused-ring (bicyclic) bond motifs is 1. The molecule has 4 rings (SSSR count). The summed E-state index contributed by atoms with van der Waals surface area (Å²) in [6, 6.07) is 3.74. The van der Waals surface area contributed by atoms with E-state index in [1.807, 2.05) is 33.2 Å². The van der Waals surface area contributed by atoms with Gasteiger partial charge in [-0.2, -0.15) is 0 Å². The Kier molecular flexibility index (Phi) is 7.91. The molecule has 0 aliphatic heterocycles. The lowest BCUT2D eigenvalue weighted by molar-refractivity contribution is 0.0647. The fourth-order valence-corrected chi connectivity index (χ4v) is 5.15. The summed E-state index contributed by atoms with van der Waals surface area (Å²) >= 11 is 1.37. The Labute approximate surface area is 203 Å². The third kappa shape index (κ3) is 5.81. The van der Waals surface area contributed by atoms with Gasteiger partial charge in [0.25, 0.3) is 5.91 Å². The summed E-state index contributed by atoms with van der Waals surface area (Å²) in [4.78, 5) is 29.6. The van der Waals surface area contributed by atoms with E-state index in [1.165, 1.54) is 17.7 Å². The van der Waals surface area contributed by atoms with Crippen molar-refractivity contribution in [2.45, 2.75) is 51.2 Å². The quantitative estimate of drug-likeness (QED) is 0.396. The molecule has 1 saturated carbocycles. The number of carbonyl (C=O) groups excluding carboxylic acids is 1. The third-order valence-electron chi connectivity index (χ3n) is 5.95. The van der Waals surface area contributed by atoms with Gasteiger partial charge in [0, 0.05) is 12.7 Å². The number of anilines is 2. The first kappa shape index (κ1) is 24.3. The fraction of sp³-hybridized carbons (Fsp3) is 0.500. The Morgan fingerprint density at radius 1 is 1.24 bits per heavy atom. The van der Waals surface area contributed by atoms with Crippen LogP contribution in [0.5, 0.6) is 5.88 Å². The van der Waals surface area contributed by atoms with Crippen molar-refractivity contribution in [1.29, 1.82) is 0 Å². The predicted octanol–water partition coefficient (Wildman–Crippen LogP) is 3.50. The van der Waals surface area contributed by atoms with Crippen molar-refractivity contribution in [1.82, 2.24) is 25.2 Å². The predicted molar refractivity (Wildman–Crippen MR) is 134 cm³/mol. The maximum Gasteiger partial charge on any atom is 0.261 e. The van der Waals surface area contributed by atoms with Crippen LogP contribution in [-0.2, 0) is 0 Å². The summed E-state index contributed by atoms with van der Waals surface area (Å²) < 4.78 is 6.17. The van der Waals surface area contributed by atoms with Gasteiger partial charge in [-0.3, -0.25) is 4.79 Å². The second-order valence-corrected chi connectivity index (χ2v) is 9.90. The van der Waals surface area contributed by atoms with Crippen LogP contribution in [0.4, 0.5) is 11.5 Å². The minimum Gasteiger partial charge on any atom is -0.473 e. The van der Waals surface area contributed by atoms with Crippen molar-refractivity contribution in [2.75, 3.05) is 32.5 Å². The van der Waals surface area contributed by atoms with E-state index in [9.17, 15) is 9.90 Å². The van der Waals surface area contributed by atoms with Crippen molar-refractivity contribution >= 4 is 39.0 Å². The molecule has 0 saturated heterocycles. The molecular weight excluding hydrogens is 452 g/mol. The number of rotatable bonds is 9. The number of thiophene rings is 1. The number of nitrogens with zero attached hydrogens (tertiary/aromatic N) is 4. The second-order valence-electron chi connectivity index (χ2n) is 8.90. The summed E-state index contributed by atoms with van der Waals surface area (Å²) in [6.07, 6.45) is 6.94. The van der Waals surface area contributed by atoms with Crippen molar-refractivity contribution in [3.63, 3.8) is 0 Å². The topological polar surface area (TPSA) is 113 Å². The van der Waals surface area contributed by atoms with Crippen LogP contribution in [0.15, 0.2) is 24.7 Å². The maximum absolute atomic E-state index is 12.8. The van der Waals surface area contributed by atoms with Crippen LogP contribution in [0.3, 0.4) is 0 Å². The highest BCUT2D eigenvalue weighted by molar-refractivity contribution is 7.20. The number of ether oxygens (including phenoxy) is 1. The van der Waals surface area contributed by atoms with E-state index in [1.54, 1.807) is 6.20 Å². The lowest BCUT2D eigenvalue weighted by Crippen LogP contribution is -2.27. The third-order valence-corrected chi connectivity index (χ3v) is 7.15. The van der Waals surface area contributed by atoms with E-state index >= 15 is 0 Å². The van der Waals surface area contributed by atoms with Gasteiger partial charge in [-0.1, -0.05) is 0 Å². The van der Waals surface area contributed by atoms with E-state index in [-0.39, 0.29) is 18.1 Å². The van der Waals surface area contributed by atoms with Crippen LogP contribution in [0.2, 0.25) is 0 Å². The van der Waals surface area contributed by atoms with Gasteiger partial charge in [0.15, 0.2) is 0 Å². The zero-order valence-corrected chi connectivity index (χ0v) is 20.7. The summed E-state index contributed by atoms with van der Waals surface area (Å²) in [6.45, 7) is 3.47. The zero-order valence-electron chi connectivity index (χ0n) is 19.9. The minimum absolute atomic E-state index is 0.0231. The Balaban J connectivity index is 1.53. The van der Waals surface area contributed by atoms with Crippen molar-refractivity contribution in [3.05, 3.63) is 35.1 Å². The first-order valence-corrected chi connectivity index (χ1v) is 12.5. The molecule has 3 aromatic rings. The van der Waals surface area contributed by atoms with Gasteiger partial charge < -0.3 is 25.4 Å². The van der Waals surface area contributed by atoms with E-state index < -0.39 is 0 Å². The molecule has 182 valence electrons. The number of aryl methyl sites for hydroxylation is 1. The Bertz CT molecular complexity index is 1130. The average molecular weight is 485 g/mol. The largest absolute Gasteiger partial charge is 0.473 e. The van der Waals surface area contributed by atoms with Gasteiger partial charge in [0.2, 0.25) is 5.88 Å². The Morgan fingerprint density at radius 3 is 2.79 bits per heavy atom. The van der Waals surface area contributed by atoms with Crippen LogP contribution in [0.25, 0.3) is 10.2 Å². The summed E-state index contributed by atoms with van der Waals surface area (Å²) in [7, 11) is 4.03. The van der Waals surface area contributed by atoms with Crippen LogP contribution in [0.1, 0.15) is 47.3 Å². The van der Waals surface area contributed by atoms with Gasteiger partial charge in [-0.05, 0) is 77.4 Å². The van der Waals surface area contributed by atoms with Gasteiger partial charge >= 0.3 is 0 Å². The molecule has 3 heterocycles. The van der Waals surface area contributed by atoms with Crippen LogP contribution in [-0.4, -0.2) is 70.3 Å². The molecule has 9 nitrogen and oxygen atoms in total. The minimum atomic E-state index is -0.239. The van der Waals surface area contributed by atoms with Crippen molar-refractivity contribution < 1.29 is 14.6 Å². The van der Waals surface area contributed by atoms with Crippen LogP contribution >= 0.6 is 11.3 Å². The number of hydrogen-bond acceptors (Lipinski definition) is 9. The van der Waals surface area contributed by atoms with E-state index in [2.05, 4.69) is 30.5 Å². The molecular formula is C24H32N6O3S. The molecule has 0 unspecified atom stereocenters. The summed E-state index contributed by atoms with van der Waals surface area (Å²) in [5.74, 6) is 1.03. The number of pyridine rings is 1.